The number of fused-ring (bicyclic) bond motifs is 1. The van der Waals surface area contributed by atoms with Crippen LogP contribution in [0.3, 0.4) is 0 Å². The molecule has 0 saturated heterocycles. The topological polar surface area (TPSA) is 73.2 Å². The fraction of sp³-hybridized carbons (Fsp3) is 0.235. The number of hydrogen-bond acceptors (Lipinski definition) is 4. The number of hydrogen-bond donors (Lipinski definition) is 1. The minimum Gasteiger partial charge on any atom is -0.491 e. The maximum atomic E-state index is 12.5. The Bertz CT molecular complexity index is 960. The molecular weight excluding hydrogens is 326 g/mol. The first-order chi connectivity index (χ1) is 11.3. The van der Waals surface area contributed by atoms with Crippen molar-refractivity contribution >= 4 is 26.7 Å². The standard InChI is InChI=1S/C17H19N3O3S/c1-12(2)23-14-5-7-15(8-6-14)24(21,22)19-13-4-9-17-16(10-13)18-11-20(17)3/h4-12,19H,1-3H3. The summed E-state index contributed by atoms with van der Waals surface area (Å²) in [6.07, 6.45) is 1.73. The molecule has 0 saturated carbocycles. The highest BCUT2D eigenvalue weighted by molar-refractivity contribution is 7.92. The molecule has 6 nitrogen and oxygen atoms in total. The predicted octanol–water partition coefficient (Wildman–Crippen LogP) is 3.16. The molecule has 1 heterocycles. The molecule has 0 aliphatic heterocycles. The first kappa shape index (κ1) is 16.3. The third kappa shape index (κ3) is 3.35. The molecule has 0 atom stereocenters. The highest BCUT2D eigenvalue weighted by Crippen LogP contribution is 2.22. The van der Waals surface area contributed by atoms with E-state index in [2.05, 4.69) is 9.71 Å². The Hall–Kier alpha value is -2.54. The number of nitrogens with one attached hydrogen (secondary N) is 1. The lowest BCUT2D eigenvalue weighted by Gasteiger charge is -2.11. The van der Waals surface area contributed by atoms with E-state index in [1.54, 1.807) is 30.6 Å². The molecule has 0 aliphatic carbocycles. The predicted molar refractivity (Wildman–Crippen MR) is 93.7 cm³/mol. The summed E-state index contributed by atoms with van der Waals surface area (Å²) in [6.45, 7) is 3.83. The number of sulfonamides is 1. The van der Waals surface area contributed by atoms with Crippen LogP contribution in [0, 0.1) is 0 Å². The zero-order valence-corrected chi connectivity index (χ0v) is 14.5. The molecule has 0 bridgehead atoms. The number of benzene rings is 2. The van der Waals surface area contributed by atoms with Crippen molar-refractivity contribution in [2.75, 3.05) is 4.72 Å². The zero-order chi connectivity index (χ0) is 17.3. The van der Waals surface area contributed by atoms with E-state index < -0.39 is 10.0 Å². The first-order valence-corrected chi connectivity index (χ1v) is 9.04. The first-order valence-electron chi connectivity index (χ1n) is 7.56. The lowest BCUT2D eigenvalue weighted by Crippen LogP contribution is -2.13. The molecule has 1 aromatic heterocycles. The average molecular weight is 345 g/mol. The van der Waals surface area contributed by atoms with Gasteiger partial charge in [-0.1, -0.05) is 0 Å². The van der Waals surface area contributed by atoms with Gasteiger partial charge in [0, 0.05) is 7.05 Å². The van der Waals surface area contributed by atoms with Crippen molar-refractivity contribution in [2.45, 2.75) is 24.8 Å². The van der Waals surface area contributed by atoms with Crippen LogP contribution in [0.1, 0.15) is 13.8 Å². The molecule has 0 aliphatic rings. The molecule has 0 radical (unpaired) electrons. The van der Waals surface area contributed by atoms with Gasteiger partial charge in [0.05, 0.1) is 34.0 Å². The van der Waals surface area contributed by atoms with Crippen LogP contribution in [-0.4, -0.2) is 24.1 Å². The van der Waals surface area contributed by atoms with Crippen LogP contribution < -0.4 is 9.46 Å². The minimum atomic E-state index is -3.66. The molecule has 0 unspecified atom stereocenters. The summed E-state index contributed by atoms with van der Waals surface area (Å²) in [7, 11) is -1.77. The largest absolute Gasteiger partial charge is 0.491 e. The van der Waals surface area contributed by atoms with Crippen LogP contribution >= 0.6 is 0 Å². The van der Waals surface area contributed by atoms with Crippen molar-refractivity contribution in [3.05, 3.63) is 48.8 Å². The summed E-state index contributed by atoms with van der Waals surface area (Å²) in [6, 6.07) is 11.6. The van der Waals surface area contributed by atoms with Crippen molar-refractivity contribution in [3.63, 3.8) is 0 Å². The summed E-state index contributed by atoms with van der Waals surface area (Å²) < 4.78 is 35.0. The number of imidazole rings is 1. The van der Waals surface area contributed by atoms with Crippen molar-refractivity contribution < 1.29 is 13.2 Å². The maximum Gasteiger partial charge on any atom is 0.261 e. The second-order valence-electron chi connectivity index (χ2n) is 5.80. The molecular formula is C17H19N3O3S. The highest BCUT2D eigenvalue weighted by atomic mass is 32.2. The Morgan fingerprint density at radius 2 is 1.83 bits per heavy atom. The van der Waals surface area contributed by atoms with Crippen LogP contribution in [0.25, 0.3) is 11.0 Å². The van der Waals surface area contributed by atoms with Gasteiger partial charge in [0.25, 0.3) is 10.0 Å². The number of anilines is 1. The number of aryl methyl sites for hydroxylation is 1. The van der Waals surface area contributed by atoms with E-state index in [9.17, 15) is 8.42 Å². The van der Waals surface area contributed by atoms with Crippen molar-refractivity contribution in [1.82, 2.24) is 9.55 Å². The summed E-state index contributed by atoms with van der Waals surface area (Å²) in [5, 5.41) is 0. The van der Waals surface area contributed by atoms with E-state index in [-0.39, 0.29) is 11.0 Å². The van der Waals surface area contributed by atoms with E-state index in [1.165, 1.54) is 12.1 Å². The second-order valence-corrected chi connectivity index (χ2v) is 7.48. The van der Waals surface area contributed by atoms with Gasteiger partial charge in [0.2, 0.25) is 0 Å². The summed E-state index contributed by atoms with van der Waals surface area (Å²) >= 11 is 0. The minimum absolute atomic E-state index is 0.0377. The van der Waals surface area contributed by atoms with Crippen LogP contribution in [0.15, 0.2) is 53.7 Å². The van der Waals surface area contributed by atoms with Gasteiger partial charge in [-0.2, -0.15) is 0 Å². The van der Waals surface area contributed by atoms with Gasteiger partial charge in [-0.25, -0.2) is 13.4 Å². The molecule has 0 amide bonds. The summed E-state index contributed by atoms with van der Waals surface area (Å²) in [4.78, 5) is 4.41. The van der Waals surface area contributed by atoms with Crippen molar-refractivity contribution in [3.8, 4) is 5.75 Å². The van der Waals surface area contributed by atoms with Crippen LogP contribution in [-0.2, 0) is 17.1 Å². The van der Waals surface area contributed by atoms with E-state index in [0.717, 1.165) is 11.0 Å². The van der Waals surface area contributed by atoms with Gasteiger partial charge in [-0.05, 0) is 56.3 Å². The Morgan fingerprint density at radius 1 is 1.12 bits per heavy atom. The highest BCUT2D eigenvalue weighted by Gasteiger charge is 2.15. The number of ether oxygens (including phenoxy) is 1. The van der Waals surface area contributed by atoms with E-state index in [4.69, 9.17) is 4.74 Å². The fourth-order valence-electron chi connectivity index (χ4n) is 2.38. The van der Waals surface area contributed by atoms with E-state index >= 15 is 0 Å². The fourth-order valence-corrected chi connectivity index (χ4v) is 3.43. The molecule has 2 aromatic carbocycles. The third-order valence-electron chi connectivity index (χ3n) is 3.48. The lowest BCUT2D eigenvalue weighted by molar-refractivity contribution is 0.242. The van der Waals surface area contributed by atoms with E-state index in [1.807, 2.05) is 31.5 Å². The van der Waals surface area contributed by atoms with Gasteiger partial charge in [0.1, 0.15) is 5.75 Å². The summed E-state index contributed by atoms with van der Waals surface area (Å²) in [5.74, 6) is 0.638. The molecule has 24 heavy (non-hydrogen) atoms. The molecule has 1 N–H and O–H groups in total. The molecule has 3 rings (SSSR count). The number of nitrogens with zero attached hydrogens (tertiary/aromatic N) is 2. The molecule has 0 spiro atoms. The van der Waals surface area contributed by atoms with Gasteiger partial charge < -0.3 is 9.30 Å². The summed E-state index contributed by atoms with van der Waals surface area (Å²) in [5.41, 5.74) is 2.15. The second kappa shape index (κ2) is 6.16. The van der Waals surface area contributed by atoms with Crippen molar-refractivity contribution in [1.29, 1.82) is 0 Å². The van der Waals surface area contributed by atoms with Crippen LogP contribution in [0.4, 0.5) is 5.69 Å². The molecule has 3 aromatic rings. The zero-order valence-electron chi connectivity index (χ0n) is 13.7. The number of rotatable bonds is 5. The Morgan fingerprint density at radius 3 is 2.50 bits per heavy atom. The van der Waals surface area contributed by atoms with Gasteiger partial charge in [-0.3, -0.25) is 4.72 Å². The maximum absolute atomic E-state index is 12.5. The monoisotopic (exact) mass is 345 g/mol. The van der Waals surface area contributed by atoms with Gasteiger partial charge in [0.15, 0.2) is 0 Å². The van der Waals surface area contributed by atoms with Crippen molar-refractivity contribution in [2.24, 2.45) is 7.05 Å². The molecule has 7 heteroatoms. The normalized spacial score (nSPS) is 11.8. The average Bonchev–Trinajstić information content (AvgIpc) is 2.87. The third-order valence-corrected chi connectivity index (χ3v) is 4.88. The van der Waals surface area contributed by atoms with Crippen LogP contribution in [0.5, 0.6) is 5.75 Å². The number of aromatic nitrogens is 2. The molecule has 126 valence electrons. The van der Waals surface area contributed by atoms with Gasteiger partial charge >= 0.3 is 0 Å². The quantitative estimate of drug-likeness (QED) is 0.771. The Labute approximate surface area is 141 Å². The Balaban J connectivity index is 1.84. The van der Waals surface area contributed by atoms with Crippen LogP contribution in [0.2, 0.25) is 0 Å². The SMILES string of the molecule is CC(C)Oc1ccc(S(=O)(=O)Nc2ccc3c(c2)ncn3C)cc1. The van der Waals surface area contributed by atoms with E-state index in [0.29, 0.717) is 11.4 Å². The smallest absolute Gasteiger partial charge is 0.261 e. The van der Waals surface area contributed by atoms with Gasteiger partial charge in [-0.15, -0.1) is 0 Å². The molecule has 0 fully saturated rings. The Kier molecular flexibility index (Phi) is 4.19. The lowest BCUT2D eigenvalue weighted by atomic mass is 10.3.